The van der Waals surface area contributed by atoms with E-state index in [0.717, 1.165) is 0 Å². The summed E-state index contributed by atoms with van der Waals surface area (Å²) in [5.74, 6) is -1.02. The molecule has 0 saturated heterocycles. The van der Waals surface area contributed by atoms with Crippen LogP contribution in [0.4, 0.5) is 5.82 Å². The summed E-state index contributed by atoms with van der Waals surface area (Å²) in [5.41, 5.74) is -0.201. The van der Waals surface area contributed by atoms with E-state index in [0.29, 0.717) is 6.42 Å². The van der Waals surface area contributed by atoms with E-state index >= 15 is 0 Å². The molecule has 0 fully saturated rings. The summed E-state index contributed by atoms with van der Waals surface area (Å²) in [6, 6.07) is 4.48. The largest absolute Gasteiger partial charge is 0.477 e. The summed E-state index contributed by atoms with van der Waals surface area (Å²) >= 11 is 0. The maximum absolute atomic E-state index is 11.6. The van der Waals surface area contributed by atoms with Crippen molar-refractivity contribution in [2.75, 3.05) is 5.32 Å². The number of anilines is 1. The van der Waals surface area contributed by atoms with Gasteiger partial charge in [-0.15, -0.1) is 0 Å². The van der Waals surface area contributed by atoms with Crippen molar-refractivity contribution < 1.29 is 14.7 Å². The summed E-state index contributed by atoms with van der Waals surface area (Å²) in [6.45, 7) is 5.86. The van der Waals surface area contributed by atoms with E-state index in [1.165, 1.54) is 6.07 Å². The highest BCUT2D eigenvalue weighted by Gasteiger charge is 2.16. The predicted molar refractivity (Wildman–Crippen MR) is 63.9 cm³/mol. The summed E-state index contributed by atoms with van der Waals surface area (Å²) in [4.78, 5) is 26.1. The van der Waals surface area contributed by atoms with Gasteiger partial charge in [0.25, 0.3) is 0 Å². The minimum absolute atomic E-state index is 0.0847. The van der Waals surface area contributed by atoms with Gasteiger partial charge in [0.1, 0.15) is 5.82 Å². The minimum atomic E-state index is -1.11. The number of pyridine rings is 1. The molecule has 0 aromatic carbocycles. The van der Waals surface area contributed by atoms with Crippen LogP contribution >= 0.6 is 0 Å². The molecule has 0 radical (unpaired) electrons. The third-order valence-electron chi connectivity index (χ3n) is 1.93. The molecule has 5 heteroatoms. The Labute approximate surface area is 99.9 Å². The van der Waals surface area contributed by atoms with Crippen molar-refractivity contribution in [1.82, 2.24) is 4.98 Å². The quantitative estimate of drug-likeness (QED) is 0.842. The first kappa shape index (κ1) is 13.2. The number of nitrogens with zero attached hydrogens (tertiary/aromatic N) is 1. The second-order valence-electron chi connectivity index (χ2n) is 5.00. The Kier molecular flexibility index (Phi) is 3.83. The Morgan fingerprint density at radius 1 is 1.35 bits per heavy atom. The fourth-order valence-corrected chi connectivity index (χ4v) is 1.29. The van der Waals surface area contributed by atoms with Crippen molar-refractivity contribution in [3.05, 3.63) is 23.9 Å². The molecular weight excluding hydrogens is 220 g/mol. The topological polar surface area (TPSA) is 79.3 Å². The van der Waals surface area contributed by atoms with Crippen molar-refractivity contribution in [1.29, 1.82) is 0 Å². The molecule has 0 spiro atoms. The molecule has 1 aromatic rings. The van der Waals surface area contributed by atoms with Gasteiger partial charge in [-0.2, -0.15) is 0 Å². The maximum Gasteiger partial charge on any atom is 0.354 e. The van der Waals surface area contributed by atoms with Crippen LogP contribution in [-0.4, -0.2) is 22.0 Å². The molecule has 1 aromatic heterocycles. The number of hydrogen-bond acceptors (Lipinski definition) is 3. The van der Waals surface area contributed by atoms with Crippen LogP contribution in [0.15, 0.2) is 18.2 Å². The number of aromatic nitrogens is 1. The summed E-state index contributed by atoms with van der Waals surface area (Å²) in [6.07, 6.45) is 0.353. The smallest absolute Gasteiger partial charge is 0.354 e. The number of aromatic carboxylic acids is 1. The lowest BCUT2D eigenvalue weighted by atomic mass is 9.92. The normalized spacial score (nSPS) is 11.0. The molecule has 5 nitrogen and oxygen atoms in total. The van der Waals surface area contributed by atoms with E-state index in [-0.39, 0.29) is 22.8 Å². The fourth-order valence-electron chi connectivity index (χ4n) is 1.29. The highest BCUT2D eigenvalue weighted by atomic mass is 16.4. The first-order valence-electron chi connectivity index (χ1n) is 5.28. The van der Waals surface area contributed by atoms with Crippen molar-refractivity contribution in [3.63, 3.8) is 0 Å². The van der Waals surface area contributed by atoms with Crippen LogP contribution in [0.5, 0.6) is 0 Å². The molecular formula is C12H16N2O3. The van der Waals surface area contributed by atoms with Gasteiger partial charge in [0.2, 0.25) is 5.91 Å². The van der Waals surface area contributed by atoms with E-state index in [1.54, 1.807) is 12.1 Å². The number of nitrogens with one attached hydrogen (secondary N) is 1. The van der Waals surface area contributed by atoms with Gasteiger partial charge >= 0.3 is 5.97 Å². The molecule has 1 amide bonds. The molecule has 0 saturated carbocycles. The standard InChI is InChI=1S/C12H16N2O3/c1-12(2,3)7-10(15)14-9-6-4-5-8(13-9)11(16)17/h4-6H,7H2,1-3H3,(H,16,17)(H,13,14,15). The van der Waals surface area contributed by atoms with E-state index in [1.807, 2.05) is 20.8 Å². The van der Waals surface area contributed by atoms with Crippen LogP contribution < -0.4 is 5.32 Å². The highest BCUT2D eigenvalue weighted by Crippen LogP contribution is 2.19. The lowest BCUT2D eigenvalue weighted by Crippen LogP contribution is -2.20. The molecule has 0 aliphatic carbocycles. The summed E-state index contributed by atoms with van der Waals surface area (Å²) in [7, 11) is 0. The molecule has 0 unspecified atom stereocenters. The molecule has 0 aliphatic heterocycles. The Morgan fingerprint density at radius 2 is 2.00 bits per heavy atom. The van der Waals surface area contributed by atoms with Crippen LogP contribution in [0.3, 0.4) is 0 Å². The molecule has 0 bridgehead atoms. The number of hydrogen-bond donors (Lipinski definition) is 2. The van der Waals surface area contributed by atoms with Gasteiger partial charge in [0.05, 0.1) is 0 Å². The third kappa shape index (κ3) is 4.63. The molecule has 0 aliphatic rings. The van der Waals surface area contributed by atoms with Crippen molar-refractivity contribution in [3.8, 4) is 0 Å². The van der Waals surface area contributed by atoms with Crippen molar-refractivity contribution in [2.45, 2.75) is 27.2 Å². The molecule has 1 rings (SSSR count). The zero-order chi connectivity index (χ0) is 13.1. The lowest BCUT2D eigenvalue weighted by molar-refractivity contribution is -0.117. The second-order valence-corrected chi connectivity index (χ2v) is 5.00. The SMILES string of the molecule is CC(C)(C)CC(=O)Nc1cccc(C(=O)O)n1. The monoisotopic (exact) mass is 236 g/mol. The summed E-state index contributed by atoms with van der Waals surface area (Å²) in [5, 5.41) is 11.3. The van der Waals surface area contributed by atoms with Gasteiger partial charge in [-0.3, -0.25) is 4.79 Å². The zero-order valence-corrected chi connectivity index (χ0v) is 10.2. The van der Waals surface area contributed by atoms with Gasteiger partial charge in [0.15, 0.2) is 5.69 Å². The number of rotatable bonds is 3. The Bertz CT molecular complexity index is 436. The predicted octanol–water partition coefficient (Wildman–Crippen LogP) is 2.15. The fraction of sp³-hybridized carbons (Fsp3) is 0.417. The summed E-state index contributed by atoms with van der Waals surface area (Å²) < 4.78 is 0. The number of carbonyl (C=O) groups is 2. The highest BCUT2D eigenvalue weighted by molar-refractivity contribution is 5.91. The average molecular weight is 236 g/mol. The molecule has 2 N–H and O–H groups in total. The van der Waals surface area contributed by atoms with E-state index in [2.05, 4.69) is 10.3 Å². The number of carbonyl (C=O) groups excluding carboxylic acids is 1. The van der Waals surface area contributed by atoms with Crippen LogP contribution in [0.2, 0.25) is 0 Å². The number of carboxylic acid groups (broad SMARTS) is 1. The van der Waals surface area contributed by atoms with Gasteiger partial charge < -0.3 is 10.4 Å². The number of carboxylic acids is 1. The first-order chi connectivity index (χ1) is 7.78. The van der Waals surface area contributed by atoms with Crippen molar-refractivity contribution in [2.24, 2.45) is 5.41 Å². The Morgan fingerprint density at radius 3 is 2.53 bits per heavy atom. The second kappa shape index (κ2) is 4.95. The maximum atomic E-state index is 11.6. The van der Waals surface area contributed by atoms with Gasteiger partial charge in [-0.1, -0.05) is 26.8 Å². The molecule has 1 heterocycles. The van der Waals surface area contributed by atoms with Crippen LogP contribution in [0, 0.1) is 5.41 Å². The Hall–Kier alpha value is -1.91. The molecule has 0 atom stereocenters. The van der Waals surface area contributed by atoms with E-state index in [4.69, 9.17) is 5.11 Å². The molecule has 17 heavy (non-hydrogen) atoms. The van der Waals surface area contributed by atoms with E-state index in [9.17, 15) is 9.59 Å². The lowest BCUT2D eigenvalue weighted by Gasteiger charge is -2.16. The van der Waals surface area contributed by atoms with Crippen LogP contribution in [0.25, 0.3) is 0 Å². The van der Waals surface area contributed by atoms with Gasteiger partial charge in [-0.25, -0.2) is 9.78 Å². The average Bonchev–Trinajstić information content (AvgIpc) is 2.14. The van der Waals surface area contributed by atoms with Gasteiger partial charge in [0, 0.05) is 6.42 Å². The van der Waals surface area contributed by atoms with Crippen molar-refractivity contribution >= 4 is 17.7 Å². The van der Waals surface area contributed by atoms with Gasteiger partial charge in [-0.05, 0) is 17.5 Å². The third-order valence-corrected chi connectivity index (χ3v) is 1.93. The first-order valence-corrected chi connectivity index (χ1v) is 5.28. The van der Waals surface area contributed by atoms with Crippen LogP contribution in [0.1, 0.15) is 37.7 Å². The van der Waals surface area contributed by atoms with E-state index < -0.39 is 5.97 Å². The minimum Gasteiger partial charge on any atom is -0.477 e. The zero-order valence-electron chi connectivity index (χ0n) is 10.2. The Balaban J connectivity index is 2.72. The molecule has 92 valence electrons. The van der Waals surface area contributed by atoms with Crippen LogP contribution in [-0.2, 0) is 4.79 Å². The number of amides is 1.